The number of benzene rings is 2. The van der Waals surface area contributed by atoms with Crippen LogP contribution in [0.2, 0.25) is 0 Å². The largest absolute Gasteiger partial charge is 0.493 e. The molecule has 0 aliphatic rings. The van der Waals surface area contributed by atoms with Gasteiger partial charge in [0.25, 0.3) is 5.91 Å². The van der Waals surface area contributed by atoms with Crippen molar-refractivity contribution in [3.8, 4) is 11.5 Å². The van der Waals surface area contributed by atoms with Gasteiger partial charge in [-0.2, -0.15) is 0 Å². The van der Waals surface area contributed by atoms with Crippen molar-refractivity contribution in [2.45, 2.75) is 33.3 Å². The van der Waals surface area contributed by atoms with E-state index >= 15 is 0 Å². The summed E-state index contributed by atoms with van der Waals surface area (Å²) in [6.45, 7) is 5.89. The number of anilines is 1. The second-order valence-corrected chi connectivity index (χ2v) is 5.47. The fraction of sp³-hybridized carbons (Fsp3) is 0.316. The van der Waals surface area contributed by atoms with E-state index in [1.807, 2.05) is 57.2 Å². The Kier molecular flexibility index (Phi) is 5.63. The highest BCUT2D eigenvalue weighted by atomic mass is 16.5. The van der Waals surface area contributed by atoms with Crippen LogP contribution in [0.15, 0.2) is 42.5 Å². The number of aryl methyl sites for hydroxylation is 2. The summed E-state index contributed by atoms with van der Waals surface area (Å²) in [6.07, 6.45) is -0.0133. The van der Waals surface area contributed by atoms with E-state index in [0.29, 0.717) is 17.9 Å². The number of carbonyl (C=O) groups excluding carboxylic acids is 1. The number of ether oxygens (including phenoxy) is 2. The lowest BCUT2D eigenvalue weighted by atomic mass is 10.1. The van der Waals surface area contributed by atoms with Crippen LogP contribution in [-0.2, 0) is 4.79 Å². The van der Waals surface area contributed by atoms with E-state index in [2.05, 4.69) is 5.32 Å². The Hall–Kier alpha value is -2.49. The minimum atomic E-state index is -0.578. The molecule has 0 heterocycles. The quantitative estimate of drug-likeness (QED) is 0.873. The number of amides is 1. The molecule has 0 radical (unpaired) electrons. The molecule has 1 amide bonds. The highest BCUT2D eigenvalue weighted by Crippen LogP contribution is 2.27. The summed E-state index contributed by atoms with van der Waals surface area (Å²) in [7, 11) is 1.58. The maximum atomic E-state index is 12.5. The topological polar surface area (TPSA) is 47.6 Å². The predicted octanol–water partition coefficient (Wildman–Crippen LogP) is 4.11. The fourth-order valence-corrected chi connectivity index (χ4v) is 2.28. The second-order valence-electron chi connectivity index (χ2n) is 5.47. The molecule has 23 heavy (non-hydrogen) atoms. The molecule has 0 unspecified atom stereocenters. The van der Waals surface area contributed by atoms with Crippen LogP contribution in [0.1, 0.15) is 24.5 Å². The van der Waals surface area contributed by atoms with E-state index in [1.54, 1.807) is 13.2 Å². The Morgan fingerprint density at radius 3 is 2.48 bits per heavy atom. The van der Waals surface area contributed by atoms with Crippen molar-refractivity contribution in [2.24, 2.45) is 0 Å². The van der Waals surface area contributed by atoms with Crippen molar-refractivity contribution in [2.75, 3.05) is 12.4 Å². The predicted molar refractivity (Wildman–Crippen MR) is 92.2 cm³/mol. The van der Waals surface area contributed by atoms with Gasteiger partial charge in [0.15, 0.2) is 17.6 Å². The van der Waals surface area contributed by atoms with Crippen molar-refractivity contribution in [1.29, 1.82) is 0 Å². The lowest BCUT2D eigenvalue weighted by Crippen LogP contribution is -2.32. The summed E-state index contributed by atoms with van der Waals surface area (Å²) in [6, 6.07) is 13.3. The van der Waals surface area contributed by atoms with Gasteiger partial charge in [0.1, 0.15) is 0 Å². The molecule has 0 bridgehead atoms. The van der Waals surface area contributed by atoms with Crippen LogP contribution >= 0.6 is 0 Å². The Labute approximate surface area is 137 Å². The molecule has 0 fully saturated rings. The molecule has 0 aliphatic carbocycles. The Bertz CT molecular complexity index is 682. The normalized spacial score (nSPS) is 11.7. The molecule has 0 aromatic heterocycles. The van der Waals surface area contributed by atoms with Crippen molar-refractivity contribution < 1.29 is 14.3 Å². The van der Waals surface area contributed by atoms with E-state index in [4.69, 9.17) is 9.47 Å². The number of carbonyl (C=O) groups is 1. The van der Waals surface area contributed by atoms with Gasteiger partial charge in [-0.1, -0.05) is 31.2 Å². The summed E-state index contributed by atoms with van der Waals surface area (Å²) < 4.78 is 11.1. The zero-order valence-corrected chi connectivity index (χ0v) is 14.1. The monoisotopic (exact) mass is 313 g/mol. The molecular formula is C19H23NO3. The van der Waals surface area contributed by atoms with Crippen LogP contribution in [0.5, 0.6) is 11.5 Å². The van der Waals surface area contributed by atoms with Gasteiger partial charge in [-0.05, 0) is 49.6 Å². The third-order valence-corrected chi connectivity index (χ3v) is 3.65. The van der Waals surface area contributed by atoms with E-state index < -0.39 is 6.10 Å². The molecule has 0 spiro atoms. The second kappa shape index (κ2) is 7.68. The highest BCUT2D eigenvalue weighted by molar-refractivity contribution is 5.95. The number of nitrogens with one attached hydrogen (secondary N) is 1. The minimum absolute atomic E-state index is 0.160. The summed E-state index contributed by atoms with van der Waals surface area (Å²) in [4.78, 5) is 12.5. The van der Waals surface area contributed by atoms with Crippen LogP contribution in [-0.4, -0.2) is 19.1 Å². The number of methoxy groups -OCH3 is 1. The summed E-state index contributed by atoms with van der Waals surface area (Å²) >= 11 is 0. The first-order chi connectivity index (χ1) is 11.0. The molecule has 2 aromatic carbocycles. The first kappa shape index (κ1) is 16.9. The van der Waals surface area contributed by atoms with Gasteiger partial charge in [0, 0.05) is 5.69 Å². The molecule has 122 valence electrons. The summed E-state index contributed by atoms with van der Waals surface area (Å²) in [5.74, 6) is 1.02. The molecule has 0 saturated heterocycles. The molecule has 0 aliphatic heterocycles. The standard InChI is InChI=1S/C19H23NO3/c1-5-16(23-18-9-7-6-8-17(18)22-4)19(21)20-15-12-13(2)10-11-14(15)3/h6-12,16H,5H2,1-4H3,(H,20,21)/t16-/m0/s1. The van der Waals surface area contributed by atoms with Gasteiger partial charge in [0.2, 0.25) is 0 Å². The van der Waals surface area contributed by atoms with Crippen LogP contribution in [0, 0.1) is 13.8 Å². The van der Waals surface area contributed by atoms with Crippen molar-refractivity contribution >= 4 is 11.6 Å². The van der Waals surface area contributed by atoms with Gasteiger partial charge >= 0.3 is 0 Å². The molecule has 2 aromatic rings. The fourth-order valence-electron chi connectivity index (χ4n) is 2.28. The molecule has 0 saturated carbocycles. The van der Waals surface area contributed by atoms with Gasteiger partial charge in [-0.3, -0.25) is 4.79 Å². The lowest BCUT2D eigenvalue weighted by Gasteiger charge is -2.19. The first-order valence-corrected chi connectivity index (χ1v) is 7.73. The maximum absolute atomic E-state index is 12.5. The average Bonchev–Trinajstić information content (AvgIpc) is 2.56. The molecule has 1 atom stereocenters. The Morgan fingerprint density at radius 2 is 1.83 bits per heavy atom. The van der Waals surface area contributed by atoms with Crippen molar-refractivity contribution in [3.63, 3.8) is 0 Å². The first-order valence-electron chi connectivity index (χ1n) is 7.73. The number of hydrogen-bond donors (Lipinski definition) is 1. The van der Waals surface area contributed by atoms with Crippen molar-refractivity contribution in [3.05, 3.63) is 53.6 Å². The van der Waals surface area contributed by atoms with E-state index in [0.717, 1.165) is 16.8 Å². The number of rotatable bonds is 6. The van der Waals surface area contributed by atoms with Gasteiger partial charge in [0.05, 0.1) is 7.11 Å². The van der Waals surface area contributed by atoms with Crippen LogP contribution in [0.3, 0.4) is 0 Å². The molecule has 4 nitrogen and oxygen atoms in total. The molecule has 1 N–H and O–H groups in total. The van der Waals surface area contributed by atoms with Crippen LogP contribution in [0.4, 0.5) is 5.69 Å². The Balaban J connectivity index is 2.14. The van der Waals surface area contributed by atoms with E-state index in [9.17, 15) is 4.79 Å². The van der Waals surface area contributed by atoms with E-state index in [1.165, 1.54) is 0 Å². The smallest absolute Gasteiger partial charge is 0.265 e. The van der Waals surface area contributed by atoms with Crippen LogP contribution in [0.25, 0.3) is 0 Å². The Morgan fingerprint density at radius 1 is 1.13 bits per heavy atom. The van der Waals surface area contributed by atoms with E-state index in [-0.39, 0.29) is 5.91 Å². The van der Waals surface area contributed by atoms with Gasteiger partial charge in [-0.25, -0.2) is 0 Å². The number of hydrogen-bond acceptors (Lipinski definition) is 3. The average molecular weight is 313 g/mol. The molecule has 2 rings (SSSR count). The molecular weight excluding hydrogens is 290 g/mol. The highest BCUT2D eigenvalue weighted by Gasteiger charge is 2.20. The van der Waals surface area contributed by atoms with Gasteiger partial charge < -0.3 is 14.8 Å². The summed E-state index contributed by atoms with van der Waals surface area (Å²) in [5, 5.41) is 2.96. The summed E-state index contributed by atoms with van der Waals surface area (Å²) in [5.41, 5.74) is 2.94. The van der Waals surface area contributed by atoms with Gasteiger partial charge in [-0.15, -0.1) is 0 Å². The zero-order chi connectivity index (χ0) is 16.8. The number of para-hydroxylation sites is 2. The van der Waals surface area contributed by atoms with Crippen molar-refractivity contribution in [1.82, 2.24) is 0 Å². The zero-order valence-electron chi connectivity index (χ0n) is 14.1. The van der Waals surface area contributed by atoms with Crippen LogP contribution < -0.4 is 14.8 Å². The third kappa shape index (κ3) is 4.25. The molecule has 4 heteroatoms. The lowest BCUT2D eigenvalue weighted by molar-refractivity contribution is -0.122. The maximum Gasteiger partial charge on any atom is 0.265 e. The third-order valence-electron chi connectivity index (χ3n) is 3.65. The SMILES string of the molecule is CC[C@H](Oc1ccccc1OC)C(=O)Nc1cc(C)ccc1C. The minimum Gasteiger partial charge on any atom is -0.493 e.